The molecule has 124 valence electrons. The molecule has 2 heterocycles. The molecule has 2 atom stereocenters. The Labute approximate surface area is 137 Å². The summed E-state index contributed by atoms with van der Waals surface area (Å²) in [4.78, 5) is 8.25. The van der Waals surface area contributed by atoms with Crippen LogP contribution in [0.15, 0.2) is 48.9 Å². The minimum absolute atomic E-state index is 0.0153. The lowest BCUT2D eigenvalue weighted by atomic mass is 9.77. The summed E-state index contributed by atoms with van der Waals surface area (Å²) in [6.07, 6.45) is 2.89. The molecule has 0 radical (unpaired) electrons. The van der Waals surface area contributed by atoms with Crippen LogP contribution in [0.5, 0.6) is 0 Å². The third-order valence-electron chi connectivity index (χ3n) is 4.15. The van der Waals surface area contributed by atoms with Crippen LogP contribution >= 0.6 is 0 Å². The fourth-order valence-electron chi connectivity index (χ4n) is 2.77. The van der Waals surface area contributed by atoms with E-state index in [9.17, 15) is 13.9 Å². The predicted molar refractivity (Wildman–Crippen MR) is 83.0 cm³/mol. The molecule has 0 fully saturated rings. The number of H-pyrrole nitrogens is 1. The molecule has 2 aromatic heterocycles. The average Bonchev–Trinajstić information content (AvgIpc) is 3.07. The number of rotatable bonds is 5. The first kappa shape index (κ1) is 16.2. The van der Waals surface area contributed by atoms with Crippen molar-refractivity contribution >= 4 is 0 Å². The summed E-state index contributed by atoms with van der Waals surface area (Å²) in [5.41, 5.74) is -1.10. The van der Waals surface area contributed by atoms with Crippen LogP contribution in [0.4, 0.5) is 8.78 Å². The van der Waals surface area contributed by atoms with Crippen molar-refractivity contribution in [3.05, 3.63) is 77.6 Å². The number of hydrogen-bond acceptors (Lipinski definition) is 4. The number of pyridine rings is 1. The third kappa shape index (κ3) is 3.03. The van der Waals surface area contributed by atoms with E-state index in [4.69, 9.17) is 0 Å². The van der Waals surface area contributed by atoms with Gasteiger partial charge < -0.3 is 5.11 Å². The van der Waals surface area contributed by atoms with Gasteiger partial charge in [0.1, 0.15) is 29.4 Å². The van der Waals surface area contributed by atoms with Gasteiger partial charge in [-0.25, -0.2) is 13.8 Å². The van der Waals surface area contributed by atoms with Gasteiger partial charge in [0.2, 0.25) is 0 Å². The summed E-state index contributed by atoms with van der Waals surface area (Å²) in [6, 6.07) is 8.41. The topological polar surface area (TPSA) is 74.7 Å². The van der Waals surface area contributed by atoms with Gasteiger partial charge in [-0.3, -0.25) is 10.1 Å². The molecule has 2 N–H and O–H groups in total. The lowest BCUT2D eigenvalue weighted by molar-refractivity contribution is 0.00621. The maximum Gasteiger partial charge on any atom is 0.137 e. The van der Waals surface area contributed by atoms with Crippen molar-refractivity contribution in [2.45, 2.75) is 24.9 Å². The smallest absolute Gasteiger partial charge is 0.137 e. The Balaban J connectivity index is 2.09. The second kappa shape index (κ2) is 6.45. The van der Waals surface area contributed by atoms with E-state index in [2.05, 4.69) is 20.2 Å². The molecule has 0 aliphatic rings. The Morgan fingerprint density at radius 3 is 2.67 bits per heavy atom. The average molecular weight is 330 g/mol. The van der Waals surface area contributed by atoms with Crippen LogP contribution in [0, 0.1) is 11.6 Å². The summed E-state index contributed by atoms with van der Waals surface area (Å²) in [6.45, 7) is 1.74. The molecule has 7 heteroatoms. The van der Waals surface area contributed by atoms with Crippen molar-refractivity contribution in [1.29, 1.82) is 0 Å². The van der Waals surface area contributed by atoms with Crippen molar-refractivity contribution < 1.29 is 13.9 Å². The summed E-state index contributed by atoms with van der Waals surface area (Å²) in [5.74, 6) is -1.70. The van der Waals surface area contributed by atoms with Crippen LogP contribution < -0.4 is 0 Å². The molecular weight excluding hydrogens is 314 g/mol. The van der Waals surface area contributed by atoms with Gasteiger partial charge in [-0.1, -0.05) is 19.1 Å². The van der Waals surface area contributed by atoms with E-state index in [1.807, 2.05) is 0 Å². The summed E-state index contributed by atoms with van der Waals surface area (Å²) < 4.78 is 27.7. The normalized spacial score (nSPS) is 15.0. The zero-order valence-electron chi connectivity index (χ0n) is 12.9. The van der Waals surface area contributed by atoms with E-state index in [0.29, 0.717) is 11.5 Å². The van der Waals surface area contributed by atoms with Crippen LogP contribution in [0.1, 0.15) is 29.9 Å². The Morgan fingerprint density at radius 2 is 2.04 bits per heavy atom. The van der Waals surface area contributed by atoms with Crippen molar-refractivity contribution in [3.63, 3.8) is 0 Å². The number of nitrogens with zero attached hydrogens (tertiary/aromatic N) is 3. The van der Waals surface area contributed by atoms with Gasteiger partial charge in [0.15, 0.2) is 0 Å². The van der Waals surface area contributed by atoms with Crippen LogP contribution in [-0.2, 0) is 12.0 Å². The minimum atomic E-state index is -1.67. The Bertz CT molecular complexity index is 811. The molecule has 3 aromatic rings. The van der Waals surface area contributed by atoms with Gasteiger partial charge in [0, 0.05) is 35.9 Å². The van der Waals surface area contributed by atoms with Gasteiger partial charge in [-0.05, 0) is 18.2 Å². The molecule has 0 aliphatic heterocycles. The number of aromatic amines is 1. The van der Waals surface area contributed by atoms with E-state index < -0.39 is 23.2 Å². The lowest BCUT2D eigenvalue weighted by Gasteiger charge is -2.34. The third-order valence-corrected chi connectivity index (χ3v) is 4.15. The summed E-state index contributed by atoms with van der Waals surface area (Å²) in [7, 11) is 0. The largest absolute Gasteiger partial charge is 0.384 e. The molecule has 0 amide bonds. The molecular formula is C17H16F2N4O. The first-order valence-electron chi connectivity index (χ1n) is 7.44. The molecule has 24 heavy (non-hydrogen) atoms. The summed E-state index contributed by atoms with van der Waals surface area (Å²) in [5, 5.41) is 17.8. The zero-order chi connectivity index (χ0) is 17.2. The highest BCUT2D eigenvalue weighted by Crippen LogP contribution is 2.39. The van der Waals surface area contributed by atoms with Gasteiger partial charge in [0.25, 0.3) is 0 Å². The first-order chi connectivity index (χ1) is 11.5. The maximum atomic E-state index is 14.4. The Morgan fingerprint density at radius 1 is 1.21 bits per heavy atom. The molecule has 3 rings (SSSR count). The van der Waals surface area contributed by atoms with Crippen LogP contribution in [0.3, 0.4) is 0 Å². The van der Waals surface area contributed by atoms with Crippen molar-refractivity contribution in [2.24, 2.45) is 0 Å². The van der Waals surface area contributed by atoms with Gasteiger partial charge in [-0.2, -0.15) is 5.10 Å². The lowest BCUT2D eigenvalue weighted by Crippen LogP contribution is -2.36. The van der Waals surface area contributed by atoms with E-state index in [1.165, 1.54) is 12.4 Å². The van der Waals surface area contributed by atoms with E-state index in [-0.39, 0.29) is 12.0 Å². The standard InChI is InChI=1S/C17H16F2N4O/c1-11(15-4-2-3-7-20-15)17(24,9-16-21-10-22-23-16)13-6-5-12(18)8-14(13)19/h2-8,10-11,24H,9H2,1H3,(H,21,22,23)/t11-,17+/m0/s1. The number of aromatic nitrogens is 4. The van der Waals surface area contributed by atoms with Crippen molar-refractivity contribution in [3.8, 4) is 0 Å². The number of halogens is 2. The highest BCUT2D eigenvalue weighted by molar-refractivity contribution is 5.31. The highest BCUT2D eigenvalue weighted by Gasteiger charge is 2.40. The minimum Gasteiger partial charge on any atom is -0.384 e. The molecule has 1 aromatic carbocycles. The fourth-order valence-corrected chi connectivity index (χ4v) is 2.77. The quantitative estimate of drug-likeness (QED) is 0.754. The SMILES string of the molecule is C[C@@H](c1ccccn1)[C@](O)(Cc1ncn[nH]1)c1ccc(F)cc1F. The monoisotopic (exact) mass is 330 g/mol. The first-order valence-corrected chi connectivity index (χ1v) is 7.44. The van der Waals surface area contributed by atoms with Gasteiger partial charge >= 0.3 is 0 Å². The van der Waals surface area contributed by atoms with Crippen molar-refractivity contribution in [2.75, 3.05) is 0 Å². The second-order valence-electron chi connectivity index (χ2n) is 5.63. The molecule has 0 aliphatic carbocycles. The van der Waals surface area contributed by atoms with E-state index in [1.54, 1.807) is 31.3 Å². The van der Waals surface area contributed by atoms with Gasteiger partial charge in [0.05, 0.1) is 0 Å². The predicted octanol–water partition coefficient (Wildman–Crippen LogP) is 2.71. The molecule has 0 saturated heterocycles. The van der Waals surface area contributed by atoms with Crippen LogP contribution in [0.25, 0.3) is 0 Å². The number of aliphatic hydroxyl groups is 1. The van der Waals surface area contributed by atoms with Crippen LogP contribution in [0.2, 0.25) is 0 Å². The zero-order valence-corrected chi connectivity index (χ0v) is 12.9. The Kier molecular flexibility index (Phi) is 4.35. The van der Waals surface area contributed by atoms with E-state index >= 15 is 0 Å². The second-order valence-corrected chi connectivity index (χ2v) is 5.63. The molecule has 0 unspecified atom stereocenters. The number of benzene rings is 1. The summed E-state index contributed by atoms with van der Waals surface area (Å²) >= 11 is 0. The number of hydrogen-bond donors (Lipinski definition) is 2. The molecule has 5 nitrogen and oxygen atoms in total. The highest BCUT2D eigenvalue weighted by atomic mass is 19.1. The Hall–Kier alpha value is -2.67. The molecule has 0 spiro atoms. The number of nitrogens with one attached hydrogen (secondary N) is 1. The maximum absolute atomic E-state index is 14.4. The van der Waals surface area contributed by atoms with Crippen LogP contribution in [-0.4, -0.2) is 25.3 Å². The fraction of sp³-hybridized carbons (Fsp3) is 0.235. The van der Waals surface area contributed by atoms with E-state index in [0.717, 1.165) is 12.1 Å². The molecule has 0 bridgehead atoms. The molecule has 0 saturated carbocycles. The van der Waals surface area contributed by atoms with Crippen molar-refractivity contribution in [1.82, 2.24) is 20.2 Å². The van der Waals surface area contributed by atoms with Gasteiger partial charge in [-0.15, -0.1) is 0 Å².